The molecule has 36 heavy (non-hydrogen) atoms. The summed E-state index contributed by atoms with van der Waals surface area (Å²) in [5, 5.41) is 0. The van der Waals surface area contributed by atoms with Gasteiger partial charge in [0.1, 0.15) is 11.2 Å². The average molecular weight is 494 g/mol. The lowest BCUT2D eigenvalue weighted by atomic mass is 9.99. The van der Waals surface area contributed by atoms with Gasteiger partial charge in [0.15, 0.2) is 0 Å². The quantitative estimate of drug-likeness (QED) is 0.549. The van der Waals surface area contributed by atoms with E-state index in [1.807, 2.05) is 47.6 Å². The van der Waals surface area contributed by atoms with E-state index in [1.165, 1.54) is 16.7 Å². The maximum atomic E-state index is 12.6. The molecule has 0 unspecified atom stereocenters. The number of carbonyl (C=O) groups excluding carboxylic acids is 2. The van der Waals surface area contributed by atoms with Crippen LogP contribution >= 0.6 is 0 Å². The molecule has 1 saturated heterocycles. The molecule has 2 heterocycles. The molecule has 2 aliphatic heterocycles. The number of hydrogen-bond donors (Lipinski definition) is 0. The van der Waals surface area contributed by atoms with Crippen LogP contribution in [0.25, 0.3) is 11.1 Å². The van der Waals surface area contributed by atoms with Crippen LogP contribution in [0.15, 0.2) is 42.5 Å². The Morgan fingerprint density at radius 2 is 1.42 bits per heavy atom. The third kappa shape index (κ3) is 6.58. The molecule has 0 aromatic heterocycles. The first-order valence-corrected chi connectivity index (χ1v) is 12.8. The van der Waals surface area contributed by atoms with E-state index in [0.29, 0.717) is 19.6 Å². The molecule has 2 amide bonds. The van der Waals surface area contributed by atoms with Crippen LogP contribution in [0.1, 0.15) is 52.7 Å². The molecule has 1 fully saturated rings. The minimum Gasteiger partial charge on any atom is -0.444 e. The molecule has 0 saturated carbocycles. The zero-order valence-electron chi connectivity index (χ0n) is 22.5. The Morgan fingerprint density at radius 1 is 0.778 bits per heavy atom. The largest absolute Gasteiger partial charge is 0.444 e. The SMILES string of the molecule is CC(C)(C)OC(=O)N1CCN(Cc2cccc(-c3ccc4c(c3)CCN4C(=O)OC(C)(C)C)c2)CC1. The lowest BCUT2D eigenvalue weighted by Crippen LogP contribution is -2.49. The Kier molecular flexibility index (Phi) is 7.32. The van der Waals surface area contributed by atoms with Crippen LogP contribution in [-0.4, -0.2) is 65.9 Å². The number of amides is 2. The minimum atomic E-state index is -0.511. The molecule has 0 spiro atoms. The summed E-state index contributed by atoms with van der Waals surface area (Å²) in [4.78, 5) is 30.8. The standard InChI is InChI=1S/C29H39N3O4/c1-28(2,3)35-26(33)31-16-14-30(15-17-31)20-21-8-7-9-22(18-21)23-10-11-25-24(19-23)12-13-32(25)27(34)36-29(4,5)6/h7-11,18-19H,12-17,20H2,1-6H3. The number of piperazine rings is 1. The van der Waals surface area contributed by atoms with Crippen molar-refractivity contribution in [2.24, 2.45) is 0 Å². The summed E-state index contributed by atoms with van der Waals surface area (Å²) in [6, 6.07) is 14.9. The Hall–Kier alpha value is -3.06. The summed E-state index contributed by atoms with van der Waals surface area (Å²) >= 11 is 0. The first-order valence-electron chi connectivity index (χ1n) is 12.8. The number of rotatable bonds is 3. The van der Waals surface area contributed by atoms with E-state index in [0.717, 1.165) is 37.3 Å². The zero-order chi connectivity index (χ0) is 26.1. The summed E-state index contributed by atoms with van der Waals surface area (Å²) in [5.41, 5.74) is 4.68. The lowest BCUT2D eigenvalue weighted by Gasteiger charge is -2.35. The highest BCUT2D eigenvalue weighted by atomic mass is 16.6. The van der Waals surface area contributed by atoms with Crippen molar-refractivity contribution in [2.75, 3.05) is 37.6 Å². The summed E-state index contributed by atoms with van der Waals surface area (Å²) in [5.74, 6) is 0. The van der Waals surface area contributed by atoms with Crippen LogP contribution < -0.4 is 4.90 Å². The predicted octanol–water partition coefficient (Wildman–Crippen LogP) is 5.70. The molecule has 0 atom stereocenters. The molecule has 2 aliphatic rings. The third-order valence-electron chi connectivity index (χ3n) is 6.28. The van der Waals surface area contributed by atoms with E-state index in [-0.39, 0.29) is 12.2 Å². The van der Waals surface area contributed by atoms with Crippen molar-refractivity contribution in [3.63, 3.8) is 0 Å². The van der Waals surface area contributed by atoms with Crippen LogP contribution in [0.5, 0.6) is 0 Å². The van der Waals surface area contributed by atoms with Gasteiger partial charge >= 0.3 is 12.2 Å². The maximum absolute atomic E-state index is 12.6. The van der Waals surface area contributed by atoms with Gasteiger partial charge in [-0.1, -0.05) is 24.3 Å². The van der Waals surface area contributed by atoms with E-state index in [4.69, 9.17) is 9.47 Å². The Labute approximate surface area is 215 Å². The summed E-state index contributed by atoms with van der Waals surface area (Å²) in [6.07, 6.45) is 0.304. The third-order valence-corrected chi connectivity index (χ3v) is 6.28. The minimum absolute atomic E-state index is 0.231. The monoisotopic (exact) mass is 493 g/mol. The topological polar surface area (TPSA) is 62.3 Å². The van der Waals surface area contributed by atoms with Crippen molar-refractivity contribution >= 4 is 17.9 Å². The van der Waals surface area contributed by atoms with Crippen LogP contribution in [0.2, 0.25) is 0 Å². The average Bonchev–Trinajstić information content (AvgIpc) is 3.21. The van der Waals surface area contributed by atoms with Crippen molar-refractivity contribution in [3.8, 4) is 11.1 Å². The number of carbonyl (C=O) groups is 2. The van der Waals surface area contributed by atoms with Gasteiger partial charge in [-0.3, -0.25) is 9.80 Å². The molecule has 7 heteroatoms. The molecule has 0 radical (unpaired) electrons. The fourth-order valence-corrected chi connectivity index (χ4v) is 4.61. The van der Waals surface area contributed by atoms with Gasteiger partial charge in [0, 0.05) is 39.3 Å². The van der Waals surface area contributed by atoms with Crippen molar-refractivity contribution in [2.45, 2.75) is 65.7 Å². The number of nitrogens with zero attached hydrogens (tertiary/aromatic N) is 3. The van der Waals surface area contributed by atoms with Crippen molar-refractivity contribution in [1.29, 1.82) is 0 Å². The first-order chi connectivity index (χ1) is 16.9. The second-order valence-electron chi connectivity index (χ2n) is 11.7. The van der Waals surface area contributed by atoms with Gasteiger partial charge in [-0.2, -0.15) is 0 Å². The van der Waals surface area contributed by atoms with Gasteiger partial charge < -0.3 is 14.4 Å². The molecule has 0 N–H and O–H groups in total. The maximum Gasteiger partial charge on any atom is 0.414 e. The molecular weight excluding hydrogens is 454 g/mol. The number of benzene rings is 2. The van der Waals surface area contributed by atoms with E-state index < -0.39 is 11.2 Å². The van der Waals surface area contributed by atoms with Crippen LogP contribution in [0.3, 0.4) is 0 Å². The number of fused-ring (bicyclic) bond motifs is 1. The Bertz CT molecular complexity index is 1110. The normalized spacial score (nSPS) is 16.6. The van der Waals surface area contributed by atoms with Gasteiger partial charge in [0.2, 0.25) is 0 Å². The van der Waals surface area contributed by atoms with Crippen molar-refractivity contribution in [3.05, 3.63) is 53.6 Å². The summed E-state index contributed by atoms with van der Waals surface area (Å²) in [6.45, 7) is 15.8. The number of hydrogen-bond acceptors (Lipinski definition) is 5. The first kappa shape index (κ1) is 26.0. The number of anilines is 1. The van der Waals surface area contributed by atoms with Crippen LogP contribution in [0, 0.1) is 0 Å². The smallest absolute Gasteiger partial charge is 0.414 e. The highest BCUT2D eigenvalue weighted by Gasteiger charge is 2.29. The molecule has 194 valence electrons. The lowest BCUT2D eigenvalue weighted by molar-refractivity contribution is 0.0139. The molecule has 2 aromatic rings. The summed E-state index contributed by atoms with van der Waals surface area (Å²) in [7, 11) is 0. The van der Waals surface area contributed by atoms with E-state index in [9.17, 15) is 9.59 Å². The van der Waals surface area contributed by atoms with E-state index >= 15 is 0 Å². The molecule has 7 nitrogen and oxygen atoms in total. The highest BCUT2D eigenvalue weighted by Crippen LogP contribution is 2.33. The Balaban J connectivity index is 1.38. The fourth-order valence-electron chi connectivity index (χ4n) is 4.61. The van der Waals surface area contributed by atoms with Crippen molar-refractivity contribution in [1.82, 2.24) is 9.80 Å². The second-order valence-corrected chi connectivity index (χ2v) is 11.7. The van der Waals surface area contributed by atoms with E-state index in [2.05, 4.69) is 41.3 Å². The fraction of sp³-hybridized carbons (Fsp3) is 0.517. The Morgan fingerprint density at radius 3 is 2.08 bits per heavy atom. The van der Waals surface area contributed by atoms with E-state index in [1.54, 1.807) is 9.80 Å². The molecular formula is C29H39N3O4. The van der Waals surface area contributed by atoms with Crippen LogP contribution in [0.4, 0.5) is 15.3 Å². The molecule has 4 rings (SSSR count). The highest BCUT2D eigenvalue weighted by molar-refractivity contribution is 5.91. The second kappa shape index (κ2) is 10.1. The number of ether oxygens (including phenoxy) is 2. The van der Waals surface area contributed by atoms with Gasteiger partial charge in [0.05, 0.1) is 5.69 Å². The van der Waals surface area contributed by atoms with Gasteiger partial charge in [0.25, 0.3) is 0 Å². The van der Waals surface area contributed by atoms with Gasteiger partial charge in [-0.25, -0.2) is 9.59 Å². The van der Waals surface area contributed by atoms with Gasteiger partial charge in [-0.05, 0) is 88.4 Å². The van der Waals surface area contributed by atoms with Crippen molar-refractivity contribution < 1.29 is 19.1 Å². The molecule has 2 aromatic carbocycles. The molecule has 0 bridgehead atoms. The predicted molar refractivity (Wildman–Crippen MR) is 142 cm³/mol. The van der Waals surface area contributed by atoms with Crippen LogP contribution in [-0.2, 0) is 22.4 Å². The molecule has 0 aliphatic carbocycles. The zero-order valence-corrected chi connectivity index (χ0v) is 22.5. The van der Waals surface area contributed by atoms with Gasteiger partial charge in [-0.15, -0.1) is 0 Å². The summed E-state index contributed by atoms with van der Waals surface area (Å²) < 4.78 is 11.1.